The van der Waals surface area contributed by atoms with Crippen LogP contribution in [0.25, 0.3) is 0 Å². The summed E-state index contributed by atoms with van der Waals surface area (Å²) in [6.45, 7) is -0.891. The van der Waals surface area contributed by atoms with Crippen LogP contribution in [0.2, 0.25) is 0 Å². The molecule has 0 unspecified atom stereocenters. The van der Waals surface area contributed by atoms with Gasteiger partial charge in [-0.15, -0.1) is 0 Å². The summed E-state index contributed by atoms with van der Waals surface area (Å²) in [5.74, 6) is 0.454. The Hall–Kier alpha value is -3.14. The molecule has 3 aromatic heterocycles. The fourth-order valence-corrected chi connectivity index (χ4v) is 11.0. The fourth-order valence-electron chi connectivity index (χ4n) is 10.5. The van der Waals surface area contributed by atoms with Crippen molar-refractivity contribution >= 4 is 156 Å². The van der Waals surface area contributed by atoms with Crippen molar-refractivity contribution in [2.75, 3.05) is 36.2 Å². The smallest absolute Gasteiger partial charge is 0.411 e. The number of nitrogens with zero attached hydrogens (tertiary/aromatic N) is 4. The molecule has 3 heterocycles. The van der Waals surface area contributed by atoms with Gasteiger partial charge in [0.15, 0.2) is 0 Å². The van der Waals surface area contributed by atoms with Crippen molar-refractivity contribution in [1.29, 1.82) is 5.26 Å². The summed E-state index contributed by atoms with van der Waals surface area (Å²) >= 11 is 53.8. The van der Waals surface area contributed by atoms with E-state index in [0.717, 1.165) is 221 Å². The van der Waals surface area contributed by atoms with Gasteiger partial charge >= 0.3 is 17.6 Å². The monoisotopic (exact) mass is 1270 g/mol. The number of hydrogen-bond donors (Lipinski definition) is 4. The maximum absolute atomic E-state index is 11.9. The summed E-state index contributed by atoms with van der Waals surface area (Å²) in [6, 6.07) is 2.07. The average Bonchev–Trinajstić information content (AvgIpc) is 4.24. The molecule has 426 valence electrons. The van der Waals surface area contributed by atoms with Crippen LogP contribution < -0.4 is 22.1 Å². The van der Waals surface area contributed by atoms with Crippen molar-refractivity contribution in [2.45, 2.75) is 172 Å². The van der Waals surface area contributed by atoms with Crippen molar-refractivity contribution in [3.8, 4) is 6.07 Å². The van der Waals surface area contributed by atoms with Gasteiger partial charge in [-0.3, -0.25) is 30.4 Å². The highest BCUT2D eigenvalue weighted by Crippen LogP contribution is 2.39. The number of allylic oxidation sites excluding steroid dienone is 2. The van der Waals surface area contributed by atoms with Crippen LogP contribution in [0, 0.1) is 11.3 Å². The van der Waals surface area contributed by atoms with Gasteiger partial charge in [-0.05, 0) is 181 Å². The third kappa shape index (κ3) is 19.8. The second-order valence-electron chi connectivity index (χ2n) is 19.7. The first-order chi connectivity index (χ1) is 36.9. The molecule has 0 spiro atoms. The van der Waals surface area contributed by atoms with Crippen LogP contribution in [0.15, 0.2) is 11.3 Å². The molecule has 15 nitrogen and oxygen atoms in total. The molecule has 1 fully saturated rings. The number of aromatic nitrogens is 3. The van der Waals surface area contributed by atoms with Crippen LogP contribution in [-0.2, 0) is 96.1 Å². The molecule has 0 saturated heterocycles. The predicted molar refractivity (Wildman–Crippen MR) is 311 cm³/mol. The lowest BCUT2D eigenvalue weighted by atomic mass is 10.1. The van der Waals surface area contributed by atoms with Gasteiger partial charge in [0.25, 0.3) is 0 Å². The normalized spacial score (nSPS) is 17.0. The quantitative estimate of drug-likeness (QED) is 0.106. The van der Waals surface area contributed by atoms with Gasteiger partial charge in [-0.2, -0.15) is 5.26 Å². The van der Waals surface area contributed by atoms with E-state index in [-0.39, 0.29) is 19.8 Å². The Morgan fingerprint density at radius 1 is 0.462 bits per heavy atom. The molecule has 6 N–H and O–H groups in total. The zero-order valence-corrected chi connectivity index (χ0v) is 50.4. The van der Waals surface area contributed by atoms with Gasteiger partial charge in [-0.1, -0.05) is 104 Å². The molecule has 8 aliphatic rings. The number of nitrogens with one attached hydrogen (secondary N) is 2. The van der Waals surface area contributed by atoms with E-state index in [1.165, 1.54) is 35.4 Å². The van der Waals surface area contributed by atoms with Gasteiger partial charge in [0.05, 0.1) is 17.4 Å². The molecule has 2 amide bonds. The van der Waals surface area contributed by atoms with Crippen molar-refractivity contribution in [2.24, 2.45) is 5.73 Å². The molecule has 11 rings (SSSR count). The minimum absolute atomic E-state index is 0.279. The van der Waals surface area contributed by atoms with Crippen LogP contribution >= 0.6 is 116 Å². The fraction of sp³-hybridized carbons (Fsp3) is 0.585. The first kappa shape index (κ1) is 64.0. The first-order valence-corrected chi connectivity index (χ1v) is 29.8. The van der Waals surface area contributed by atoms with Crippen LogP contribution in [0.3, 0.4) is 0 Å². The van der Waals surface area contributed by atoms with Gasteiger partial charge in [-0.25, -0.2) is 14.4 Å². The van der Waals surface area contributed by atoms with Crippen molar-refractivity contribution in [1.82, 2.24) is 15.0 Å². The van der Waals surface area contributed by atoms with Gasteiger partial charge in [0, 0.05) is 75.6 Å². The third-order valence-electron chi connectivity index (χ3n) is 13.9. The number of fused-ring (bicyclic) bond motifs is 6. The summed E-state index contributed by atoms with van der Waals surface area (Å²) in [4.78, 5) is 58.1. The van der Waals surface area contributed by atoms with E-state index >= 15 is 0 Å². The molecule has 8 aliphatic carbocycles. The molecule has 0 bridgehead atoms. The highest BCUT2D eigenvalue weighted by molar-refractivity contribution is 6.68. The Bertz CT molecular complexity index is 2550. The number of ketones is 1. The summed E-state index contributed by atoms with van der Waals surface area (Å²) in [6.07, 6.45) is 24.7. The van der Waals surface area contributed by atoms with Crippen LogP contribution in [-0.4, -0.2) is 69.5 Å². The molecular weight excluding hydrogens is 1220 g/mol. The van der Waals surface area contributed by atoms with E-state index in [0.29, 0.717) is 5.78 Å². The molecule has 25 heteroatoms. The highest BCUT2D eigenvalue weighted by atomic mass is 35.6. The largest absolute Gasteiger partial charge is 0.449 e. The second kappa shape index (κ2) is 29.7. The van der Waals surface area contributed by atoms with E-state index in [9.17, 15) is 19.2 Å². The Morgan fingerprint density at radius 3 is 1.01 bits per heavy atom. The number of anilines is 3. The zero-order chi connectivity index (χ0) is 56.8. The third-order valence-corrected chi connectivity index (χ3v) is 15.0. The van der Waals surface area contributed by atoms with E-state index < -0.39 is 29.0 Å². The lowest BCUT2D eigenvalue weighted by Crippen LogP contribution is -2.22. The molecule has 0 atom stereocenters. The lowest BCUT2D eigenvalue weighted by molar-refractivity contribution is -0.117. The molecule has 0 radical (unpaired) electrons. The molecule has 0 aliphatic heterocycles. The number of rotatable bonds is 5. The SMILES string of the molecule is N#CC1=C(N)CCC1.Nc1c2c(nc3c1CCC3)CCC2.O=C(Cl)OCC(Cl)(Cl)Cl.O=C(Nc1c2c(nc3c1CCC3)CCC2)OCC(Cl)(Cl)Cl.O=C(Nc1c2c(nc3c1CCC3)CCC2)OCC(Cl)(Cl)Cl.O=C1CCCC1. The number of amides is 2. The van der Waals surface area contributed by atoms with Gasteiger partial charge in [0.2, 0.25) is 11.4 Å². The minimum atomic E-state index is -1.60. The van der Waals surface area contributed by atoms with Crippen molar-refractivity contribution < 1.29 is 33.4 Å². The number of ether oxygens (including phenoxy) is 3. The number of nitrogens with two attached hydrogens (primary N) is 2. The Balaban J connectivity index is 0.000000160. The summed E-state index contributed by atoms with van der Waals surface area (Å²) in [5.41, 5.74) is 29.3. The Morgan fingerprint density at radius 2 is 0.769 bits per heavy atom. The number of carbonyl (C=O) groups is 4. The summed E-state index contributed by atoms with van der Waals surface area (Å²) in [5, 5.41) is 14.0. The van der Waals surface area contributed by atoms with E-state index in [1.54, 1.807) is 0 Å². The number of halogens is 10. The average molecular weight is 1280 g/mol. The molecule has 0 aromatic carbocycles. The zero-order valence-electron chi connectivity index (χ0n) is 42.9. The number of carbonyl (C=O) groups excluding carboxylic acids is 4. The number of nitrogen functional groups attached to an aromatic ring is 1. The van der Waals surface area contributed by atoms with E-state index in [1.807, 2.05) is 0 Å². The molecule has 1 saturated carbocycles. The number of aryl methyl sites for hydroxylation is 6. The lowest BCUT2D eigenvalue weighted by Gasteiger charge is -2.16. The molecule has 78 heavy (non-hydrogen) atoms. The summed E-state index contributed by atoms with van der Waals surface area (Å²) < 4.78 is 9.29. The van der Waals surface area contributed by atoms with Crippen LogP contribution in [0.5, 0.6) is 0 Å². The van der Waals surface area contributed by atoms with Crippen molar-refractivity contribution in [3.05, 3.63) is 78.8 Å². The van der Waals surface area contributed by atoms with E-state index in [2.05, 4.69) is 21.4 Å². The van der Waals surface area contributed by atoms with Gasteiger partial charge in [0.1, 0.15) is 25.6 Å². The maximum atomic E-state index is 11.9. The molecule has 3 aromatic rings. The summed E-state index contributed by atoms with van der Waals surface area (Å²) in [7, 11) is 0. The standard InChI is InChI=1S/2C14H15Cl3N2O2.C11H14N2.C6H8N2.C5H8O.C3H2Cl4O2/c2*15-14(16,17)7-21-13(20)19-12-8-3-1-5-10(8)18-11-6-2-4-9(11)12;12-11-7-3-1-5-9(7)13-10-6-2-4-8(10)11;7-4-5-2-1-3-6(5)8;6-5-3-1-2-4-5;4-2(8)9-1-3(5,6)7/h2*1-7H2,(H,18,19,20);1-6H2,(H2,12,13);1-3,8H2;1-4H2;1H2. The Kier molecular flexibility index (Phi) is 24.4. The van der Waals surface area contributed by atoms with E-state index in [4.69, 9.17) is 157 Å². The predicted octanol–water partition coefficient (Wildman–Crippen LogP) is 14.4. The number of alkyl halides is 9. The van der Waals surface area contributed by atoms with Crippen LogP contribution in [0.4, 0.5) is 31.4 Å². The number of pyridine rings is 3. The Labute approximate surface area is 505 Å². The number of hydrogen-bond acceptors (Lipinski definition) is 13. The first-order valence-electron chi connectivity index (χ1n) is 26.0. The van der Waals surface area contributed by atoms with Crippen LogP contribution in [0.1, 0.15) is 151 Å². The number of Topliss-reactive ketones (excluding diaryl/α,β-unsaturated/α-hetero) is 1. The molecular formula is C53H62Cl10N8O7. The highest BCUT2D eigenvalue weighted by Gasteiger charge is 2.31. The topological polar surface area (TPSA) is 235 Å². The minimum Gasteiger partial charge on any atom is -0.449 e. The second-order valence-corrected chi connectivity index (χ2v) is 27.5. The maximum Gasteiger partial charge on any atom is 0.411 e. The number of nitriles is 1. The van der Waals surface area contributed by atoms with Crippen molar-refractivity contribution in [3.63, 3.8) is 0 Å². The van der Waals surface area contributed by atoms with Gasteiger partial charge < -0.3 is 25.7 Å².